The summed E-state index contributed by atoms with van der Waals surface area (Å²) in [5.74, 6) is 0.243. The first kappa shape index (κ1) is 17.4. The predicted octanol–water partition coefficient (Wildman–Crippen LogP) is 1.53. The molecule has 0 fully saturated rings. The number of hydrogen-bond acceptors (Lipinski definition) is 5. The Labute approximate surface area is 127 Å². The lowest BCUT2D eigenvalue weighted by molar-refractivity contribution is 0.0643. The van der Waals surface area contributed by atoms with Gasteiger partial charge >= 0.3 is 0 Å². The number of benzene rings is 1. The molecule has 0 radical (unpaired) electrons. The lowest BCUT2D eigenvalue weighted by Crippen LogP contribution is -2.14. The third-order valence-electron chi connectivity index (χ3n) is 2.33. The Balaban J connectivity index is 2.48. The maximum atomic E-state index is 11.5. The van der Waals surface area contributed by atoms with Crippen molar-refractivity contribution in [3.05, 3.63) is 22.7 Å². The summed E-state index contributed by atoms with van der Waals surface area (Å²) in [4.78, 5) is -0.0350. The van der Waals surface area contributed by atoms with Gasteiger partial charge in [0.05, 0.1) is 19.8 Å². The van der Waals surface area contributed by atoms with Gasteiger partial charge in [-0.25, -0.2) is 13.6 Å². The van der Waals surface area contributed by atoms with Gasteiger partial charge in [-0.05, 0) is 18.2 Å². The summed E-state index contributed by atoms with van der Waals surface area (Å²) >= 11 is 3.20. The summed E-state index contributed by atoms with van der Waals surface area (Å²) in [6, 6.07) is 4.68. The third-order valence-corrected chi connectivity index (χ3v) is 3.76. The van der Waals surface area contributed by atoms with Crippen molar-refractivity contribution in [3.63, 3.8) is 0 Å². The van der Waals surface area contributed by atoms with Gasteiger partial charge in [0.2, 0.25) is 10.0 Å². The minimum atomic E-state index is -3.81. The van der Waals surface area contributed by atoms with Gasteiger partial charge in [0.25, 0.3) is 0 Å². The van der Waals surface area contributed by atoms with Gasteiger partial charge in [-0.1, -0.05) is 15.9 Å². The summed E-state index contributed by atoms with van der Waals surface area (Å²) in [5, 5.41) is 5.14. The fourth-order valence-corrected chi connectivity index (χ4v) is 2.62. The van der Waals surface area contributed by atoms with Crippen LogP contribution in [-0.4, -0.2) is 42.0 Å². The summed E-state index contributed by atoms with van der Waals surface area (Å²) in [7, 11) is -2.21. The van der Waals surface area contributed by atoms with Crippen LogP contribution in [0.2, 0.25) is 0 Å². The van der Waals surface area contributed by atoms with Gasteiger partial charge in [0.1, 0.15) is 10.6 Å². The van der Waals surface area contributed by atoms with Crippen molar-refractivity contribution in [2.75, 3.05) is 33.5 Å². The molecule has 0 amide bonds. The highest BCUT2D eigenvalue weighted by Gasteiger charge is 2.15. The second kappa shape index (κ2) is 8.58. The highest BCUT2D eigenvalue weighted by Crippen LogP contribution is 2.26. The quantitative estimate of drug-likeness (QED) is 0.668. The standard InChI is InChI=1S/C12H18BrNO5S/c1-17-7-8-18-5-2-6-19-11-4-3-10(13)9-12(11)20(14,15)16/h3-4,9H,2,5-8H2,1H3,(H2,14,15,16). The predicted molar refractivity (Wildman–Crippen MR) is 78.3 cm³/mol. The van der Waals surface area contributed by atoms with Gasteiger partial charge in [0, 0.05) is 24.6 Å². The van der Waals surface area contributed by atoms with E-state index in [-0.39, 0.29) is 10.6 Å². The third kappa shape index (κ3) is 6.19. The van der Waals surface area contributed by atoms with E-state index in [9.17, 15) is 8.42 Å². The molecule has 0 heterocycles. The van der Waals surface area contributed by atoms with E-state index in [4.69, 9.17) is 19.3 Å². The van der Waals surface area contributed by atoms with Crippen LogP contribution in [0.4, 0.5) is 0 Å². The molecule has 0 aliphatic carbocycles. The Bertz CT molecular complexity index is 521. The van der Waals surface area contributed by atoms with Crippen LogP contribution in [0.25, 0.3) is 0 Å². The van der Waals surface area contributed by atoms with Gasteiger partial charge in [0.15, 0.2) is 0 Å². The van der Waals surface area contributed by atoms with E-state index in [1.54, 1.807) is 19.2 Å². The summed E-state index contributed by atoms with van der Waals surface area (Å²) < 4.78 is 39.1. The van der Waals surface area contributed by atoms with Gasteiger partial charge < -0.3 is 14.2 Å². The van der Waals surface area contributed by atoms with Gasteiger partial charge in [-0.3, -0.25) is 0 Å². The normalized spacial score (nSPS) is 11.6. The Kier molecular flexibility index (Phi) is 7.46. The van der Waals surface area contributed by atoms with Crippen LogP contribution in [0, 0.1) is 0 Å². The van der Waals surface area contributed by atoms with E-state index in [2.05, 4.69) is 15.9 Å². The number of hydrogen-bond donors (Lipinski definition) is 1. The molecule has 1 rings (SSSR count). The zero-order chi connectivity index (χ0) is 15.0. The first-order valence-corrected chi connectivity index (χ1v) is 8.31. The highest BCUT2D eigenvalue weighted by molar-refractivity contribution is 9.10. The Morgan fingerprint density at radius 2 is 1.95 bits per heavy atom. The number of sulfonamides is 1. The molecule has 6 nitrogen and oxygen atoms in total. The van der Waals surface area contributed by atoms with Crippen LogP contribution in [0.3, 0.4) is 0 Å². The van der Waals surface area contributed by atoms with Crippen LogP contribution in [-0.2, 0) is 19.5 Å². The first-order valence-electron chi connectivity index (χ1n) is 5.97. The second-order valence-corrected chi connectivity index (χ2v) is 6.39. The molecule has 0 aliphatic rings. The zero-order valence-electron chi connectivity index (χ0n) is 11.2. The highest BCUT2D eigenvalue weighted by atomic mass is 79.9. The molecule has 2 N–H and O–H groups in total. The number of primary sulfonamides is 1. The molecule has 8 heteroatoms. The van der Waals surface area contributed by atoms with E-state index in [0.717, 1.165) is 0 Å². The van der Waals surface area contributed by atoms with Crippen LogP contribution in [0.5, 0.6) is 5.75 Å². The van der Waals surface area contributed by atoms with E-state index in [0.29, 0.717) is 37.3 Å². The van der Waals surface area contributed by atoms with Crippen molar-refractivity contribution in [2.24, 2.45) is 5.14 Å². The molecule has 114 valence electrons. The fourth-order valence-electron chi connectivity index (χ4n) is 1.41. The topological polar surface area (TPSA) is 87.8 Å². The van der Waals surface area contributed by atoms with Crippen molar-refractivity contribution in [3.8, 4) is 5.75 Å². The first-order chi connectivity index (χ1) is 9.45. The second-order valence-electron chi connectivity index (χ2n) is 3.94. The molecular formula is C12H18BrNO5S. The Morgan fingerprint density at radius 1 is 1.20 bits per heavy atom. The fraction of sp³-hybridized carbons (Fsp3) is 0.500. The van der Waals surface area contributed by atoms with Gasteiger partial charge in [-0.2, -0.15) is 0 Å². The summed E-state index contributed by atoms with van der Waals surface area (Å²) in [6.45, 7) is 1.93. The van der Waals surface area contributed by atoms with Crippen molar-refractivity contribution >= 4 is 26.0 Å². The van der Waals surface area contributed by atoms with Crippen LogP contribution in [0.1, 0.15) is 6.42 Å². The van der Waals surface area contributed by atoms with Gasteiger partial charge in [-0.15, -0.1) is 0 Å². The Morgan fingerprint density at radius 3 is 2.60 bits per heavy atom. The number of methoxy groups -OCH3 is 1. The molecular weight excluding hydrogens is 350 g/mol. The number of halogens is 1. The maximum Gasteiger partial charge on any atom is 0.241 e. The van der Waals surface area contributed by atoms with E-state index < -0.39 is 10.0 Å². The monoisotopic (exact) mass is 367 g/mol. The lowest BCUT2D eigenvalue weighted by Gasteiger charge is -2.10. The van der Waals surface area contributed by atoms with Crippen molar-refractivity contribution in [1.29, 1.82) is 0 Å². The molecule has 0 spiro atoms. The summed E-state index contributed by atoms with van der Waals surface area (Å²) in [6.07, 6.45) is 0.643. The summed E-state index contributed by atoms with van der Waals surface area (Å²) in [5.41, 5.74) is 0. The molecule has 0 atom stereocenters. The van der Waals surface area contributed by atoms with Crippen LogP contribution >= 0.6 is 15.9 Å². The molecule has 1 aromatic rings. The number of nitrogens with two attached hydrogens (primary N) is 1. The van der Waals surface area contributed by atoms with Crippen molar-refractivity contribution < 1.29 is 22.6 Å². The minimum Gasteiger partial charge on any atom is -0.492 e. The van der Waals surface area contributed by atoms with E-state index >= 15 is 0 Å². The maximum absolute atomic E-state index is 11.5. The smallest absolute Gasteiger partial charge is 0.241 e. The zero-order valence-corrected chi connectivity index (χ0v) is 13.6. The SMILES string of the molecule is COCCOCCCOc1ccc(Br)cc1S(N)(=O)=O. The molecule has 0 saturated heterocycles. The van der Waals surface area contributed by atoms with E-state index in [1.807, 2.05) is 0 Å². The van der Waals surface area contributed by atoms with Crippen LogP contribution < -0.4 is 9.88 Å². The number of rotatable bonds is 9. The van der Waals surface area contributed by atoms with Crippen molar-refractivity contribution in [2.45, 2.75) is 11.3 Å². The molecule has 0 bridgehead atoms. The molecule has 0 saturated carbocycles. The molecule has 1 aromatic carbocycles. The number of ether oxygens (including phenoxy) is 3. The Hall–Kier alpha value is -0.670. The average molecular weight is 368 g/mol. The van der Waals surface area contributed by atoms with E-state index in [1.165, 1.54) is 6.07 Å². The molecule has 20 heavy (non-hydrogen) atoms. The molecule has 0 aromatic heterocycles. The molecule has 0 aliphatic heterocycles. The molecule has 0 unspecified atom stereocenters. The minimum absolute atomic E-state index is 0.0350. The largest absolute Gasteiger partial charge is 0.492 e. The van der Waals surface area contributed by atoms with Crippen LogP contribution in [0.15, 0.2) is 27.6 Å². The average Bonchev–Trinajstić information content (AvgIpc) is 2.38. The lowest BCUT2D eigenvalue weighted by atomic mass is 10.3. The van der Waals surface area contributed by atoms with Crippen molar-refractivity contribution in [1.82, 2.24) is 0 Å².